The fourth-order valence-corrected chi connectivity index (χ4v) is 2.36. The standard InChI is InChI=1S/C13H18N4OS/c1-8(2)18-13-11(14)12(15-7-16-13)17-9(3)10-5-4-6-19-10/h4-9H,14H2,1-3H3,(H,15,16,17). The van der Waals surface area contributed by atoms with Crippen LogP contribution < -0.4 is 15.8 Å². The summed E-state index contributed by atoms with van der Waals surface area (Å²) in [7, 11) is 0. The molecule has 5 nitrogen and oxygen atoms in total. The molecule has 0 aliphatic heterocycles. The quantitative estimate of drug-likeness (QED) is 0.879. The summed E-state index contributed by atoms with van der Waals surface area (Å²) in [6, 6.07) is 4.24. The van der Waals surface area contributed by atoms with Gasteiger partial charge in [-0.2, -0.15) is 4.98 Å². The van der Waals surface area contributed by atoms with E-state index < -0.39 is 0 Å². The molecule has 0 fully saturated rings. The molecule has 3 N–H and O–H groups in total. The number of aromatic nitrogens is 2. The zero-order valence-electron chi connectivity index (χ0n) is 11.3. The van der Waals surface area contributed by atoms with E-state index in [4.69, 9.17) is 10.5 Å². The minimum Gasteiger partial charge on any atom is -0.473 e. The monoisotopic (exact) mass is 278 g/mol. The van der Waals surface area contributed by atoms with E-state index in [9.17, 15) is 0 Å². The number of nitrogen functional groups attached to an aromatic ring is 1. The Hall–Kier alpha value is -1.82. The highest BCUT2D eigenvalue weighted by Gasteiger charge is 2.13. The minimum atomic E-state index is 0.0276. The normalized spacial score (nSPS) is 12.4. The smallest absolute Gasteiger partial charge is 0.242 e. The van der Waals surface area contributed by atoms with Crippen LogP contribution >= 0.6 is 11.3 Å². The predicted molar refractivity (Wildman–Crippen MR) is 78.6 cm³/mol. The zero-order chi connectivity index (χ0) is 13.8. The maximum Gasteiger partial charge on any atom is 0.242 e. The first-order valence-corrected chi connectivity index (χ1v) is 7.03. The molecule has 0 saturated heterocycles. The maximum atomic E-state index is 6.02. The van der Waals surface area contributed by atoms with Crippen LogP contribution in [0.15, 0.2) is 23.8 Å². The van der Waals surface area contributed by atoms with E-state index in [-0.39, 0.29) is 12.1 Å². The number of rotatable bonds is 5. The molecule has 0 aliphatic carbocycles. The number of hydrogen-bond acceptors (Lipinski definition) is 6. The molecule has 0 amide bonds. The number of nitrogens with two attached hydrogens (primary N) is 1. The first-order chi connectivity index (χ1) is 9.08. The lowest BCUT2D eigenvalue weighted by Gasteiger charge is -2.16. The largest absolute Gasteiger partial charge is 0.473 e. The number of ether oxygens (including phenoxy) is 1. The van der Waals surface area contributed by atoms with Crippen molar-refractivity contribution in [3.8, 4) is 5.88 Å². The second-order valence-corrected chi connectivity index (χ2v) is 5.47. The number of nitrogens with zero attached hydrogens (tertiary/aromatic N) is 2. The van der Waals surface area contributed by atoms with Gasteiger partial charge in [0, 0.05) is 4.88 Å². The van der Waals surface area contributed by atoms with Gasteiger partial charge >= 0.3 is 0 Å². The van der Waals surface area contributed by atoms with E-state index in [1.807, 2.05) is 25.3 Å². The molecular formula is C13H18N4OS. The van der Waals surface area contributed by atoms with E-state index in [0.29, 0.717) is 17.4 Å². The molecule has 6 heteroatoms. The van der Waals surface area contributed by atoms with Crippen molar-refractivity contribution in [1.29, 1.82) is 0 Å². The molecule has 19 heavy (non-hydrogen) atoms. The molecule has 0 aliphatic rings. The molecule has 1 unspecified atom stereocenters. The van der Waals surface area contributed by atoms with Crippen LogP contribution in [-0.2, 0) is 0 Å². The Labute approximate surface area is 116 Å². The van der Waals surface area contributed by atoms with Crippen molar-refractivity contribution < 1.29 is 4.74 Å². The van der Waals surface area contributed by atoms with Crippen molar-refractivity contribution in [2.45, 2.75) is 32.9 Å². The molecule has 0 radical (unpaired) electrons. The van der Waals surface area contributed by atoms with Gasteiger partial charge in [0.05, 0.1) is 12.1 Å². The Morgan fingerprint density at radius 2 is 2.11 bits per heavy atom. The van der Waals surface area contributed by atoms with E-state index in [0.717, 1.165) is 0 Å². The summed E-state index contributed by atoms with van der Waals surface area (Å²) in [5.74, 6) is 1.03. The van der Waals surface area contributed by atoms with Crippen molar-refractivity contribution in [3.63, 3.8) is 0 Å². The lowest BCUT2D eigenvalue weighted by Crippen LogP contribution is -2.13. The van der Waals surface area contributed by atoms with Gasteiger partial charge in [0.2, 0.25) is 5.88 Å². The molecule has 2 aromatic rings. The van der Waals surface area contributed by atoms with Gasteiger partial charge in [-0.25, -0.2) is 4.98 Å². The Morgan fingerprint density at radius 1 is 1.32 bits per heavy atom. The number of anilines is 2. The molecule has 0 saturated carbocycles. The third kappa shape index (κ3) is 3.35. The van der Waals surface area contributed by atoms with Crippen LogP contribution in [0, 0.1) is 0 Å². The van der Waals surface area contributed by atoms with Gasteiger partial charge < -0.3 is 15.8 Å². The Bertz CT molecular complexity index is 527. The van der Waals surface area contributed by atoms with Crippen LogP contribution in [0.4, 0.5) is 11.5 Å². The minimum absolute atomic E-state index is 0.0276. The van der Waals surface area contributed by atoms with E-state index >= 15 is 0 Å². The summed E-state index contributed by atoms with van der Waals surface area (Å²) in [5, 5.41) is 5.33. The van der Waals surface area contributed by atoms with Crippen molar-refractivity contribution in [2.24, 2.45) is 0 Å². The number of nitrogens with one attached hydrogen (secondary N) is 1. The lowest BCUT2D eigenvalue weighted by atomic mass is 10.2. The summed E-state index contributed by atoms with van der Waals surface area (Å²) < 4.78 is 5.54. The Balaban J connectivity index is 2.16. The molecule has 0 bridgehead atoms. The van der Waals surface area contributed by atoms with Crippen LogP contribution in [0.1, 0.15) is 31.7 Å². The van der Waals surface area contributed by atoms with E-state index in [1.54, 1.807) is 11.3 Å². The van der Waals surface area contributed by atoms with Gasteiger partial charge in [-0.3, -0.25) is 0 Å². The fraction of sp³-hybridized carbons (Fsp3) is 0.385. The van der Waals surface area contributed by atoms with Crippen LogP contribution in [0.2, 0.25) is 0 Å². The third-order valence-electron chi connectivity index (χ3n) is 2.52. The molecule has 2 heterocycles. The first kappa shape index (κ1) is 13.6. The summed E-state index contributed by atoms with van der Waals surface area (Å²) in [6.07, 6.45) is 1.48. The number of thiophene rings is 1. The fourth-order valence-electron chi connectivity index (χ4n) is 1.63. The van der Waals surface area contributed by atoms with E-state index in [2.05, 4.69) is 28.3 Å². The Kier molecular flexibility index (Phi) is 4.21. The Morgan fingerprint density at radius 3 is 2.74 bits per heavy atom. The van der Waals surface area contributed by atoms with Gasteiger partial charge in [0.25, 0.3) is 0 Å². The average Bonchev–Trinajstić information content (AvgIpc) is 2.87. The second-order valence-electron chi connectivity index (χ2n) is 4.49. The van der Waals surface area contributed by atoms with Gasteiger partial charge in [-0.05, 0) is 32.2 Å². The van der Waals surface area contributed by atoms with Crippen LogP contribution in [0.3, 0.4) is 0 Å². The van der Waals surface area contributed by atoms with Crippen LogP contribution in [0.25, 0.3) is 0 Å². The van der Waals surface area contributed by atoms with Crippen LogP contribution in [0.5, 0.6) is 5.88 Å². The van der Waals surface area contributed by atoms with Crippen molar-refractivity contribution >= 4 is 22.8 Å². The summed E-state index contributed by atoms with van der Waals surface area (Å²) >= 11 is 1.69. The highest BCUT2D eigenvalue weighted by atomic mass is 32.1. The third-order valence-corrected chi connectivity index (χ3v) is 3.57. The van der Waals surface area contributed by atoms with E-state index in [1.165, 1.54) is 11.2 Å². The maximum absolute atomic E-state index is 6.02. The highest BCUT2D eigenvalue weighted by Crippen LogP contribution is 2.29. The lowest BCUT2D eigenvalue weighted by molar-refractivity contribution is 0.234. The molecule has 2 aromatic heterocycles. The van der Waals surface area contributed by atoms with Gasteiger partial charge in [-0.1, -0.05) is 6.07 Å². The summed E-state index contributed by atoms with van der Waals surface area (Å²) in [6.45, 7) is 5.93. The molecule has 1 atom stereocenters. The second kappa shape index (κ2) is 5.88. The number of hydrogen-bond donors (Lipinski definition) is 2. The molecular weight excluding hydrogens is 260 g/mol. The zero-order valence-corrected chi connectivity index (χ0v) is 12.1. The SMILES string of the molecule is CC(C)Oc1ncnc(NC(C)c2cccs2)c1N. The van der Waals surface area contributed by atoms with Crippen molar-refractivity contribution in [1.82, 2.24) is 9.97 Å². The molecule has 0 spiro atoms. The predicted octanol–water partition coefficient (Wildman–Crippen LogP) is 3.08. The van der Waals surface area contributed by atoms with Gasteiger partial charge in [0.15, 0.2) is 5.82 Å². The first-order valence-electron chi connectivity index (χ1n) is 6.15. The molecule has 102 valence electrons. The molecule has 2 rings (SSSR count). The van der Waals surface area contributed by atoms with Crippen molar-refractivity contribution in [2.75, 3.05) is 11.1 Å². The topological polar surface area (TPSA) is 73.1 Å². The highest BCUT2D eigenvalue weighted by molar-refractivity contribution is 7.10. The average molecular weight is 278 g/mol. The summed E-state index contributed by atoms with van der Waals surface area (Å²) in [5.41, 5.74) is 6.47. The van der Waals surface area contributed by atoms with Crippen LogP contribution in [-0.4, -0.2) is 16.1 Å². The van der Waals surface area contributed by atoms with Gasteiger partial charge in [-0.15, -0.1) is 11.3 Å². The molecule has 0 aromatic carbocycles. The van der Waals surface area contributed by atoms with Crippen molar-refractivity contribution in [3.05, 3.63) is 28.7 Å². The summed E-state index contributed by atoms with van der Waals surface area (Å²) in [4.78, 5) is 9.45. The van der Waals surface area contributed by atoms with Gasteiger partial charge in [0.1, 0.15) is 12.0 Å².